The predicted molar refractivity (Wildman–Crippen MR) is 138 cm³/mol. The average molecular weight is 557 g/mol. The highest BCUT2D eigenvalue weighted by molar-refractivity contribution is 9.10. The molecule has 0 radical (unpaired) electrons. The quantitative estimate of drug-likeness (QED) is 0.408. The van der Waals surface area contributed by atoms with E-state index in [1.54, 1.807) is 42.5 Å². The molecule has 0 atom stereocenters. The van der Waals surface area contributed by atoms with E-state index in [4.69, 9.17) is 9.47 Å². The van der Waals surface area contributed by atoms with E-state index >= 15 is 0 Å². The van der Waals surface area contributed by atoms with Crippen molar-refractivity contribution >= 4 is 39.2 Å². The molecule has 0 aromatic heterocycles. The number of halogens is 2. The molecule has 0 saturated carbocycles. The highest BCUT2D eigenvalue weighted by Crippen LogP contribution is 2.31. The second-order valence-electron chi connectivity index (χ2n) is 8.34. The van der Waals surface area contributed by atoms with Gasteiger partial charge >= 0.3 is 5.97 Å². The molecule has 1 N–H and O–H groups in total. The molecule has 1 fully saturated rings. The van der Waals surface area contributed by atoms with Crippen LogP contribution in [0.25, 0.3) is 0 Å². The summed E-state index contributed by atoms with van der Waals surface area (Å²) in [5, 5.41) is 9.89. The number of ether oxygens (including phenoxy) is 2. The first-order valence-corrected chi connectivity index (χ1v) is 12.3. The summed E-state index contributed by atoms with van der Waals surface area (Å²) in [7, 11) is 0. The summed E-state index contributed by atoms with van der Waals surface area (Å²) in [6.45, 7) is 3.83. The molecule has 0 unspecified atom stereocenters. The summed E-state index contributed by atoms with van der Waals surface area (Å²) in [4.78, 5) is 28.2. The molecule has 188 valence electrons. The van der Waals surface area contributed by atoms with Gasteiger partial charge in [-0.2, -0.15) is 0 Å². The lowest BCUT2D eigenvalue weighted by Crippen LogP contribution is -2.37. The Morgan fingerprint density at radius 2 is 1.83 bits per heavy atom. The number of carbonyl (C=O) groups excluding carboxylic acids is 1. The topological polar surface area (TPSA) is 79.3 Å². The lowest BCUT2D eigenvalue weighted by molar-refractivity contribution is -0.116. The molecule has 1 amide bonds. The van der Waals surface area contributed by atoms with E-state index < -0.39 is 5.97 Å². The molecule has 3 aromatic rings. The Labute approximate surface area is 217 Å². The normalized spacial score (nSPS) is 13.4. The molecule has 0 spiro atoms. The lowest BCUT2D eigenvalue weighted by atomic mass is 10.1. The van der Waals surface area contributed by atoms with Gasteiger partial charge in [0.05, 0.1) is 31.0 Å². The summed E-state index contributed by atoms with van der Waals surface area (Å²) in [6, 6.07) is 16.8. The highest BCUT2D eigenvalue weighted by Gasteiger charge is 2.22. The van der Waals surface area contributed by atoms with Gasteiger partial charge < -0.3 is 24.4 Å². The summed E-state index contributed by atoms with van der Waals surface area (Å²) in [6.07, 6.45) is 0. The fraction of sp³-hybridized carbons (Fsp3) is 0.259. The summed E-state index contributed by atoms with van der Waals surface area (Å²) >= 11 is 3.46. The van der Waals surface area contributed by atoms with Gasteiger partial charge in [0.2, 0.25) is 5.91 Å². The SMILES string of the molecule is CC(=O)N(Cc1cc(Br)ccc1OCc1ccccc1F)c1ccc(N2CCOCC2)c(C(=O)O)c1. The largest absolute Gasteiger partial charge is 0.488 e. The molecule has 7 nitrogen and oxygen atoms in total. The number of carboxylic acids is 1. The van der Waals surface area contributed by atoms with Crippen molar-refractivity contribution in [3.8, 4) is 5.75 Å². The number of carbonyl (C=O) groups is 2. The minimum absolute atomic E-state index is 0.0266. The predicted octanol–water partition coefficient (Wildman–Crippen LogP) is 5.26. The third kappa shape index (κ3) is 6.03. The van der Waals surface area contributed by atoms with Crippen molar-refractivity contribution in [1.29, 1.82) is 0 Å². The molecule has 1 heterocycles. The molecule has 9 heteroatoms. The van der Waals surface area contributed by atoms with Gasteiger partial charge in [-0.15, -0.1) is 0 Å². The average Bonchev–Trinajstić information content (AvgIpc) is 2.87. The van der Waals surface area contributed by atoms with Gasteiger partial charge in [-0.1, -0.05) is 34.1 Å². The maximum absolute atomic E-state index is 14.1. The Kier molecular flexibility index (Phi) is 8.22. The van der Waals surface area contributed by atoms with E-state index in [2.05, 4.69) is 15.9 Å². The highest BCUT2D eigenvalue weighted by atomic mass is 79.9. The number of nitrogens with zero attached hydrogens (tertiary/aromatic N) is 2. The Hall–Kier alpha value is -3.43. The lowest BCUT2D eigenvalue weighted by Gasteiger charge is -2.31. The Morgan fingerprint density at radius 1 is 1.08 bits per heavy atom. The van der Waals surface area contributed by atoms with E-state index in [1.165, 1.54) is 24.0 Å². The number of amides is 1. The third-order valence-corrected chi connectivity index (χ3v) is 6.44. The minimum atomic E-state index is -1.07. The van der Waals surface area contributed by atoms with Crippen molar-refractivity contribution in [2.24, 2.45) is 0 Å². The van der Waals surface area contributed by atoms with Crippen LogP contribution in [0.5, 0.6) is 5.75 Å². The molecule has 1 saturated heterocycles. The molecule has 1 aliphatic rings. The van der Waals surface area contributed by atoms with Crippen LogP contribution in [0, 0.1) is 5.82 Å². The van der Waals surface area contributed by atoms with Gasteiger partial charge in [-0.25, -0.2) is 9.18 Å². The first kappa shape index (κ1) is 25.7. The van der Waals surface area contributed by atoms with Crippen molar-refractivity contribution in [1.82, 2.24) is 0 Å². The summed E-state index contributed by atoms with van der Waals surface area (Å²) < 4.78 is 26.2. The monoisotopic (exact) mass is 556 g/mol. The van der Waals surface area contributed by atoms with Crippen LogP contribution in [0.15, 0.2) is 65.1 Å². The van der Waals surface area contributed by atoms with Crippen LogP contribution in [0.3, 0.4) is 0 Å². The van der Waals surface area contributed by atoms with Crippen molar-refractivity contribution < 1.29 is 28.6 Å². The van der Waals surface area contributed by atoms with Crippen LogP contribution < -0.4 is 14.5 Å². The number of anilines is 2. The van der Waals surface area contributed by atoms with Crippen LogP contribution in [0.4, 0.5) is 15.8 Å². The second-order valence-corrected chi connectivity index (χ2v) is 9.26. The van der Waals surface area contributed by atoms with Gasteiger partial charge in [0.25, 0.3) is 0 Å². The zero-order valence-electron chi connectivity index (χ0n) is 19.7. The van der Waals surface area contributed by atoms with Gasteiger partial charge in [0, 0.05) is 41.3 Å². The van der Waals surface area contributed by atoms with Gasteiger partial charge in [-0.3, -0.25) is 4.79 Å². The number of hydrogen-bond donors (Lipinski definition) is 1. The Morgan fingerprint density at radius 3 is 2.53 bits per heavy atom. The maximum atomic E-state index is 14.1. The van der Waals surface area contributed by atoms with E-state index in [9.17, 15) is 19.1 Å². The Balaban J connectivity index is 1.62. The number of benzene rings is 3. The summed E-state index contributed by atoms with van der Waals surface area (Å²) in [5.41, 5.74) is 2.27. The smallest absolute Gasteiger partial charge is 0.337 e. The van der Waals surface area contributed by atoms with E-state index in [0.29, 0.717) is 54.6 Å². The number of hydrogen-bond acceptors (Lipinski definition) is 5. The van der Waals surface area contributed by atoms with Crippen LogP contribution in [-0.2, 0) is 22.7 Å². The van der Waals surface area contributed by atoms with E-state index in [1.807, 2.05) is 11.0 Å². The molecule has 3 aromatic carbocycles. The van der Waals surface area contributed by atoms with Crippen LogP contribution in [0.2, 0.25) is 0 Å². The molecular weight excluding hydrogens is 531 g/mol. The first-order chi connectivity index (χ1) is 17.3. The van der Waals surface area contributed by atoms with Gasteiger partial charge in [0.1, 0.15) is 18.2 Å². The van der Waals surface area contributed by atoms with Crippen LogP contribution in [-0.4, -0.2) is 43.3 Å². The number of carboxylic acid groups (broad SMARTS) is 1. The minimum Gasteiger partial charge on any atom is -0.488 e. The number of rotatable bonds is 8. The molecule has 0 bridgehead atoms. The maximum Gasteiger partial charge on any atom is 0.337 e. The van der Waals surface area contributed by atoms with E-state index in [0.717, 1.165) is 4.47 Å². The van der Waals surface area contributed by atoms with Gasteiger partial charge in [0.15, 0.2) is 0 Å². The van der Waals surface area contributed by atoms with Crippen LogP contribution >= 0.6 is 15.9 Å². The molecule has 36 heavy (non-hydrogen) atoms. The van der Waals surface area contributed by atoms with Gasteiger partial charge in [-0.05, 0) is 42.5 Å². The zero-order chi connectivity index (χ0) is 25.7. The van der Waals surface area contributed by atoms with Crippen molar-refractivity contribution in [3.05, 3.63) is 87.6 Å². The zero-order valence-corrected chi connectivity index (χ0v) is 21.3. The molecule has 1 aliphatic heterocycles. The number of aromatic carboxylic acids is 1. The molecule has 0 aliphatic carbocycles. The molecule has 4 rings (SSSR count). The molecular formula is C27H26BrFN2O5. The Bertz CT molecular complexity index is 1260. The standard InChI is InChI=1S/C27H26BrFN2O5/c1-18(32)31(22-7-8-25(23(15-22)27(33)34)30-10-12-35-13-11-30)16-20-14-21(28)6-9-26(20)36-17-19-4-2-3-5-24(19)29/h2-9,14-15H,10-13,16-17H2,1H3,(H,33,34). The second kappa shape index (κ2) is 11.5. The van der Waals surface area contributed by atoms with Crippen molar-refractivity contribution in [2.45, 2.75) is 20.1 Å². The fourth-order valence-corrected chi connectivity index (χ4v) is 4.49. The van der Waals surface area contributed by atoms with E-state index in [-0.39, 0.29) is 30.4 Å². The first-order valence-electron chi connectivity index (χ1n) is 11.5. The van der Waals surface area contributed by atoms with Crippen molar-refractivity contribution in [3.63, 3.8) is 0 Å². The third-order valence-electron chi connectivity index (χ3n) is 5.95. The fourth-order valence-electron chi connectivity index (χ4n) is 4.08. The van der Waals surface area contributed by atoms with Crippen molar-refractivity contribution in [2.75, 3.05) is 36.1 Å². The number of morpholine rings is 1. The van der Waals surface area contributed by atoms with Crippen LogP contribution in [0.1, 0.15) is 28.4 Å². The summed E-state index contributed by atoms with van der Waals surface area (Å²) in [5.74, 6) is -1.19.